The van der Waals surface area contributed by atoms with Gasteiger partial charge >= 0.3 is 6.03 Å². The van der Waals surface area contributed by atoms with Gasteiger partial charge in [0.15, 0.2) is 0 Å². The van der Waals surface area contributed by atoms with Crippen molar-refractivity contribution in [3.8, 4) is 0 Å². The highest BCUT2D eigenvalue weighted by Crippen LogP contribution is 2.23. The van der Waals surface area contributed by atoms with E-state index in [4.69, 9.17) is 5.73 Å². The normalized spacial score (nSPS) is 19.4. The maximum Gasteiger partial charge on any atom is 0.315 e. The minimum atomic E-state index is -0.336. The summed E-state index contributed by atoms with van der Waals surface area (Å²) >= 11 is 0. The van der Waals surface area contributed by atoms with Crippen LogP contribution in [-0.2, 0) is 26.1 Å². The Morgan fingerprint density at radius 1 is 1.41 bits per heavy atom. The Bertz CT molecular complexity index is 453. The SMILES string of the molecule is NC(=O)N1CCc2nn3c(c2C1)CNCCC3. The molecule has 3 N–H and O–H groups in total. The molecule has 0 unspecified atom stereocenters. The molecule has 3 rings (SSSR count). The molecule has 0 atom stereocenters. The molecule has 2 amide bonds. The van der Waals surface area contributed by atoms with Gasteiger partial charge in [-0.15, -0.1) is 0 Å². The van der Waals surface area contributed by atoms with Crippen LogP contribution in [0, 0.1) is 0 Å². The largest absolute Gasteiger partial charge is 0.351 e. The van der Waals surface area contributed by atoms with Crippen LogP contribution in [0.4, 0.5) is 4.79 Å². The standard InChI is InChI=1S/C11H17N5O/c12-11(17)15-5-2-9-8(7-15)10-6-13-3-1-4-16(10)14-9/h13H,1-7H2,(H2,12,17). The van der Waals surface area contributed by atoms with Crippen LogP contribution in [0.25, 0.3) is 0 Å². The molecule has 0 radical (unpaired) electrons. The van der Waals surface area contributed by atoms with E-state index in [9.17, 15) is 4.79 Å². The molecule has 0 fully saturated rings. The average molecular weight is 235 g/mol. The van der Waals surface area contributed by atoms with Crippen molar-refractivity contribution in [2.24, 2.45) is 5.73 Å². The summed E-state index contributed by atoms with van der Waals surface area (Å²) in [5, 5.41) is 8.03. The summed E-state index contributed by atoms with van der Waals surface area (Å²) < 4.78 is 2.09. The number of nitrogens with zero attached hydrogens (tertiary/aromatic N) is 3. The smallest absolute Gasteiger partial charge is 0.315 e. The highest BCUT2D eigenvalue weighted by atomic mass is 16.2. The first-order valence-electron chi connectivity index (χ1n) is 6.08. The van der Waals surface area contributed by atoms with Crippen LogP contribution in [0.1, 0.15) is 23.4 Å². The molecule has 2 aliphatic rings. The number of fused-ring (bicyclic) bond motifs is 3. The molecule has 1 aromatic heterocycles. The van der Waals surface area contributed by atoms with E-state index in [1.165, 1.54) is 11.3 Å². The summed E-state index contributed by atoms with van der Waals surface area (Å²) in [6.07, 6.45) is 1.92. The van der Waals surface area contributed by atoms with Gasteiger partial charge in [0.2, 0.25) is 0 Å². The van der Waals surface area contributed by atoms with E-state index in [-0.39, 0.29) is 6.03 Å². The van der Waals surface area contributed by atoms with E-state index >= 15 is 0 Å². The summed E-state index contributed by atoms with van der Waals surface area (Å²) in [6.45, 7) is 4.13. The molecule has 92 valence electrons. The number of nitrogens with one attached hydrogen (secondary N) is 1. The number of urea groups is 1. The van der Waals surface area contributed by atoms with E-state index in [0.29, 0.717) is 13.1 Å². The minimum absolute atomic E-state index is 0.336. The second-order valence-corrected chi connectivity index (χ2v) is 4.64. The Morgan fingerprint density at radius 3 is 3.12 bits per heavy atom. The molecule has 17 heavy (non-hydrogen) atoms. The Balaban J connectivity index is 1.95. The Hall–Kier alpha value is -1.56. The monoisotopic (exact) mass is 235 g/mol. The van der Waals surface area contributed by atoms with E-state index in [1.54, 1.807) is 4.90 Å². The van der Waals surface area contributed by atoms with Crippen LogP contribution in [-0.4, -0.2) is 33.8 Å². The third kappa shape index (κ3) is 1.78. The molecule has 0 saturated heterocycles. The van der Waals surface area contributed by atoms with Gasteiger partial charge in [0.1, 0.15) is 0 Å². The number of aromatic nitrogens is 2. The van der Waals surface area contributed by atoms with Crippen molar-refractivity contribution in [2.45, 2.75) is 32.5 Å². The molecular weight excluding hydrogens is 218 g/mol. The molecule has 0 bridgehead atoms. The molecule has 6 nitrogen and oxygen atoms in total. The van der Waals surface area contributed by atoms with Crippen molar-refractivity contribution in [1.29, 1.82) is 0 Å². The first-order valence-corrected chi connectivity index (χ1v) is 6.08. The zero-order chi connectivity index (χ0) is 11.8. The van der Waals surface area contributed by atoms with Crippen molar-refractivity contribution < 1.29 is 4.79 Å². The average Bonchev–Trinajstić information content (AvgIpc) is 2.51. The van der Waals surface area contributed by atoms with Crippen LogP contribution in [0.15, 0.2) is 0 Å². The highest BCUT2D eigenvalue weighted by molar-refractivity contribution is 5.72. The number of hydrogen-bond donors (Lipinski definition) is 2. The molecule has 2 aliphatic heterocycles. The van der Waals surface area contributed by atoms with Gasteiger partial charge in [-0.1, -0.05) is 0 Å². The van der Waals surface area contributed by atoms with E-state index in [2.05, 4.69) is 15.1 Å². The first kappa shape index (κ1) is 10.6. The molecule has 0 spiro atoms. The van der Waals surface area contributed by atoms with Gasteiger partial charge in [0.25, 0.3) is 0 Å². The number of carbonyl (C=O) groups is 1. The molecular formula is C11H17N5O. The highest BCUT2D eigenvalue weighted by Gasteiger charge is 2.26. The summed E-state index contributed by atoms with van der Waals surface area (Å²) in [5.41, 5.74) is 8.91. The van der Waals surface area contributed by atoms with Crippen molar-refractivity contribution in [1.82, 2.24) is 20.0 Å². The van der Waals surface area contributed by atoms with Crippen molar-refractivity contribution in [2.75, 3.05) is 13.1 Å². The van der Waals surface area contributed by atoms with Crippen LogP contribution < -0.4 is 11.1 Å². The number of amides is 2. The van der Waals surface area contributed by atoms with Gasteiger partial charge in [-0.3, -0.25) is 4.68 Å². The number of carbonyl (C=O) groups excluding carboxylic acids is 1. The maximum atomic E-state index is 11.2. The fourth-order valence-electron chi connectivity index (χ4n) is 2.61. The van der Waals surface area contributed by atoms with Crippen molar-refractivity contribution in [3.63, 3.8) is 0 Å². The summed E-state index contributed by atoms with van der Waals surface area (Å²) in [6, 6.07) is -0.336. The number of hydrogen-bond acceptors (Lipinski definition) is 3. The lowest BCUT2D eigenvalue weighted by molar-refractivity contribution is 0.202. The summed E-state index contributed by atoms with van der Waals surface area (Å²) in [4.78, 5) is 12.9. The second-order valence-electron chi connectivity index (χ2n) is 4.64. The topological polar surface area (TPSA) is 76.2 Å². The number of aryl methyl sites for hydroxylation is 1. The predicted molar refractivity (Wildman–Crippen MR) is 62.2 cm³/mol. The lowest BCUT2D eigenvalue weighted by Crippen LogP contribution is -2.39. The Kier molecular flexibility index (Phi) is 2.51. The van der Waals surface area contributed by atoms with Gasteiger partial charge in [0.05, 0.1) is 17.9 Å². The molecule has 3 heterocycles. The Labute approximate surface area is 99.8 Å². The maximum absolute atomic E-state index is 11.2. The minimum Gasteiger partial charge on any atom is -0.351 e. The van der Waals surface area contributed by atoms with E-state index in [1.807, 2.05) is 0 Å². The van der Waals surface area contributed by atoms with Crippen molar-refractivity contribution >= 4 is 6.03 Å². The fraction of sp³-hybridized carbons (Fsp3) is 0.636. The van der Waals surface area contributed by atoms with E-state index in [0.717, 1.165) is 38.2 Å². The molecule has 0 saturated carbocycles. The lowest BCUT2D eigenvalue weighted by atomic mass is 10.1. The molecule has 1 aromatic rings. The van der Waals surface area contributed by atoms with Gasteiger partial charge in [-0.25, -0.2) is 4.79 Å². The first-order chi connectivity index (χ1) is 8.25. The van der Waals surface area contributed by atoms with Gasteiger partial charge < -0.3 is 16.0 Å². The van der Waals surface area contributed by atoms with Crippen LogP contribution in [0.2, 0.25) is 0 Å². The van der Waals surface area contributed by atoms with Gasteiger partial charge in [-0.05, 0) is 13.0 Å². The third-order valence-corrected chi connectivity index (χ3v) is 3.54. The predicted octanol–water partition coefficient (Wildman–Crippen LogP) is -0.187. The fourth-order valence-corrected chi connectivity index (χ4v) is 2.61. The van der Waals surface area contributed by atoms with Gasteiger partial charge in [0, 0.05) is 31.6 Å². The van der Waals surface area contributed by atoms with Crippen molar-refractivity contribution in [3.05, 3.63) is 17.0 Å². The molecule has 0 aromatic carbocycles. The van der Waals surface area contributed by atoms with Crippen LogP contribution >= 0.6 is 0 Å². The van der Waals surface area contributed by atoms with Crippen LogP contribution in [0.3, 0.4) is 0 Å². The third-order valence-electron chi connectivity index (χ3n) is 3.54. The molecule has 0 aliphatic carbocycles. The number of nitrogens with two attached hydrogens (primary N) is 1. The summed E-state index contributed by atoms with van der Waals surface area (Å²) in [7, 11) is 0. The second kappa shape index (κ2) is 4.03. The number of primary amides is 1. The Morgan fingerprint density at radius 2 is 2.29 bits per heavy atom. The zero-order valence-corrected chi connectivity index (χ0v) is 9.78. The van der Waals surface area contributed by atoms with Crippen LogP contribution in [0.5, 0.6) is 0 Å². The molecule has 6 heteroatoms. The van der Waals surface area contributed by atoms with E-state index < -0.39 is 0 Å². The number of rotatable bonds is 0. The summed E-state index contributed by atoms with van der Waals surface area (Å²) in [5.74, 6) is 0. The lowest BCUT2D eigenvalue weighted by Gasteiger charge is -2.25. The van der Waals surface area contributed by atoms with Gasteiger partial charge in [-0.2, -0.15) is 5.10 Å². The zero-order valence-electron chi connectivity index (χ0n) is 9.78. The quantitative estimate of drug-likeness (QED) is 0.654.